The largest absolute Gasteiger partial charge is 0.449 e. The Labute approximate surface area is 124 Å². The Bertz CT molecular complexity index is 781. The normalized spacial score (nSPS) is 13.5. The van der Waals surface area contributed by atoms with Crippen LogP contribution in [0.3, 0.4) is 0 Å². The lowest BCUT2D eigenvalue weighted by atomic mass is 10.1. The molecule has 3 aromatic rings. The number of hydrogen-bond donors (Lipinski definition) is 1. The predicted molar refractivity (Wildman–Crippen MR) is 76.1 cm³/mol. The molecule has 0 radical (unpaired) electrons. The summed E-state index contributed by atoms with van der Waals surface area (Å²) < 4.78 is 40.5. The average Bonchev–Trinajstić information content (AvgIpc) is 2.87. The van der Waals surface area contributed by atoms with Crippen LogP contribution in [-0.4, -0.2) is 14.7 Å². The molecule has 0 saturated carbocycles. The summed E-state index contributed by atoms with van der Waals surface area (Å²) in [7, 11) is 0. The van der Waals surface area contributed by atoms with Crippen molar-refractivity contribution in [3.05, 3.63) is 66.0 Å². The third-order valence-corrected chi connectivity index (χ3v) is 3.45. The van der Waals surface area contributed by atoms with Crippen molar-refractivity contribution < 1.29 is 18.3 Å². The Balaban J connectivity index is 2.05. The number of aliphatic hydroxyl groups excluding tert-OH is 1. The molecule has 0 aliphatic rings. The molecule has 114 valence electrons. The van der Waals surface area contributed by atoms with Gasteiger partial charge in [-0.3, -0.25) is 0 Å². The van der Waals surface area contributed by atoms with E-state index in [1.165, 1.54) is 6.07 Å². The molecule has 22 heavy (non-hydrogen) atoms. The number of imidazole rings is 1. The number of nitrogens with zero attached hydrogens (tertiary/aromatic N) is 2. The van der Waals surface area contributed by atoms with E-state index in [4.69, 9.17) is 0 Å². The average molecular weight is 306 g/mol. The monoisotopic (exact) mass is 306 g/mol. The summed E-state index contributed by atoms with van der Waals surface area (Å²) in [4.78, 5) is 3.66. The highest BCUT2D eigenvalue weighted by Gasteiger charge is 2.37. The molecule has 3 rings (SSSR count). The SMILES string of the molecule is OC(Cn1c(C(F)(F)F)nc2ccccc21)c1ccccc1. The van der Waals surface area contributed by atoms with Gasteiger partial charge in [-0.15, -0.1) is 0 Å². The van der Waals surface area contributed by atoms with E-state index >= 15 is 0 Å². The minimum absolute atomic E-state index is 0.209. The lowest BCUT2D eigenvalue weighted by molar-refractivity contribution is -0.147. The van der Waals surface area contributed by atoms with Crippen molar-refractivity contribution in [3.8, 4) is 0 Å². The second-order valence-corrected chi connectivity index (χ2v) is 4.96. The molecule has 1 heterocycles. The minimum atomic E-state index is -4.57. The Morgan fingerprint density at radius 3 is 2.32 bits per heavy atom. The van der Waals surface area contributed by atoms with E-state index < -0.39 is 18.1 Å². The van der Waals surface area contributed by atoms with Crippen LogP contribution in [0.4, 0.5) is 13.2 Å². The molecule has 3 nitrogen and oxygen atoms in total. The minimum Gasteiger partial charge on any atom is -0.387 e. The van der Waals surface area contributed by atoms with Gasteiger partial charge >= 0.3 is 6.18 Å². The lowest BCUT2D eigenvalue weighted by Gasteiger charge is -2.16. The maximum atomic E-state index is 13.2. The van der Waals surface area contributed by atoms with Crippen LogP contribution in [0.5, 0.6) is 0 Å². The number of fused-ring (bicyclic) bond motifs is 1. The van der Waals surface area contributed by atoms with Crippen molar-refractivity contribution in [2.45, 2.75) is 18.8 Å². The number of benzene rings is 2. The number of rotatable bonds is 3. The summed E-state index contributed by atoms with van der Waals surface area (Å²) in [6, 6.07) is 15.0. The molecule has 1 aromatic heterocycles. The summed E-state index contributed by atoms with van der Waals surface area (Å²) in [5.41, 5.74) is 1.17. The summed E-state index contributed by atoms with van der Waals surface area (Å²) in [6.45, 7) is -0.209. The molecule has 1 atom stereocenters. The van der Waals surface area contributed by atoms with E-state index in [1.807, 2.05) is 0 Å². The molecule has 0 fully saturated rings. The summed E-state index contributed by atoms with van der Waals surface area (Å²) in [5.74, 6) is -0.997. The second-order valence-electron chi connectivity index (χ2n) is 4.96. The van der Waals surface area contributed by atoms with Crippen molar-refractivity contribution in [3.63, 3.8) is 0 Å². The van der Waals surface area contributed by atoms with Crippen LogP contribution in [0, 0.1) is 0 Å². The first-order valence-corrected chi connectivity index (χ1v) is 6.72. The molecule has 0 aliphatic heterocycles. The van der Waals surface area contributed by atoms with Crippen LogP contribution < -0.4 is 0 Å². The van der Waals surface area contributed by atoms with Crippen molar-refractivity contribution >= 4 is 11.0 Å². The zero-order valence-corrected chi connectivity index (χ0v) is 11.5. The van der Waals surface area contributed by atoms with Crippen LogP contribution in [0.1, 0.15) is 17.5 Å². The highest BCUT2D eigenvalue weighted by molar-refractivity contribution is 5.76. The third-order valence-electron chi connectivity index (χ3n) is 3.45. The fraction of sp³-hybridized carbons (Fsp3) is 0.188. The molecule has 1 N–H and O–H groups in total. The zero-order valence-electron chi connectivity index (χ0n) is 11.5. The molecule has 6 heteroatoms. The molecule has 0 saturated heterocycles. The van der Waals surface area contributed by atoms with Crippen LogP contribution in [0.25, 0.3) is 11.0 Å². The molecule has 1 unspecified atom stereocenters. The topological polar surface area (TPSA) is 38.0 Å². The van der Waals surface area contributed by atoms with E-state index in [9.17, 15) is 18.3 Å². The Kier molecular flexibility index (Phi) is 3.62. The first-order chi connectivity index (χ1) is 10.5. The Hall–Kier alpha value is -2.34. The van der Waals surface area contributed by atoms with Gasteiger partial charge in [-0.2, -0.15) is 13.2 Å². The standard InChI is InChI=1S/C16H13F3N2O/c17-16(18,19)15-20-12-8-4-5-9-13(12)21(15)10-14(22)11-6-2-1-3-7-11/h1-9,14,22H,10H2. The van der Waals surface area contributed by atoms with E-state index in [2.05, 4.69) is 4.98 Å². The summed E-state index contributed by atoms with van der Waals surface area (Å²) in [5, 5.41) is 10.2. The Morgan fingerprint density at radius 1 is 1.00 bits per heavy atom. The predicted octanol–water partition coefficient (Wildman–Crippen LogP) is 3.79. The van der Waals surface area contributed by atoms with Gasteiger partial charge in [0.1, 0.15) is 0 Å². The zero-order chi connectivity index (χ0) is 15.7. The fourth-order valence-electron chi connectivity index (χ4n) is 2.43. The lowest BCUT2D eigenvalue weighted by Crippen LogP contribution is -2.18. The van der Waals surface area contributed by atoms with Gasteiger partial charge in [0.25, 0.3) is 0 Å². The maximum Gasteiger partial charge on any atom is 0.449 e. The van der Waals surface area contributed by atoms with E-state index in [0.29, 0.717) is 11.1 Å². The Morgan fingerprint density at radius 2 is 1.64 bits per heavy atom. The van der Waals surface area contributed by atoms with E-state index in [0.717, 1.165) is 4.57 Å². The number of alkyl halides is 3. The van der Waals surface area contributed by atoms with Crippen molar-refractivity contribution in [1.29, 1.82) is 0 Å². The number of halogens is 3. The molecule has 2 aromatic carbocycles. The summed E-state index contributed by atoms with van der Waals surface area (Å²) in [6.07, 6.45) is -5.62. The molecular formula is C16H13F3N2O. The first-order valence-electron chi connectivity index (χ1n) is 6.72. The van der Waals surface area contributed by atoms with Crippen molar-refractivity contribution in [1.82, 2.24) is 9.55 Å². The van der Waals surface area contributed by atoms with Gasteiger partial charge < -0.3 is 9.67 Å². The third kappa shape index (κ3) is 2.69. The van der Waals surface area contributed by atoms with Gasteiger partial charge in [0.15, 0.2) is 0 Å². The van der Waals surface area contributed by atoms with Crippen LogP contribution in [0.15, 0.2) is 54.6 Å². The van der Waals surface area contributed by atoms with Crippen molar-refractivity contribution in [2.75, 3.05) is 0 Å². The summed E-state index contributed by atoms with van der Waals surface area (Å²) >= 11 is 0. The molecule has 0 bridgehead atoms. The van der Waals surface area contributed by atoms with Crippen LogP contribution >= 0.6 is 0 Å². The number of hydrogen-bond acceptors (Lipinski definition) is 2. The smallest absolute Gasteiger partial charge is 0.387 e. The maximum absolute atomic E-state index is 13.2. The van der Waals surface area contributed by atoms with Crippen molar-refractivity contribution in [2.24, 2.45) is 0 Å². The highest BCUT2D eigenvalue weighted by atomic mass is 19.4. The number of aliphatic hydroxyl groups is 1. The first kappa shape index (κ1) is 14.6. The van der Waals surface area contributed by atoms with E-state index in [1.54, 1.807) is 48.5 Å². The van der Waals surface area contributed by atoms with Crippen LogP contribution in [-0.2, 0) is 12.7 Å². The van der Waals surface area contributed by atoms with Gasteiger partial charge in [-0.05, 0) is 17.7 Å². The number of aromatic nitrogens is 2. The van der Waals surface area contributed by atoms with E-state index in [-0.39, 0.29) is 12.1 Å². The van der Waals surface area contributed by atoms with Gasteiger partial charge in [0.05, 0.1) is 23.7 Å². The van der Waals surface area contributed by atoms with Gasteiger partial charge in [-0.1, -0.05) is 42.5 Å². The quantitative estimate of drug-likeness (QED) is 0.799. The van der Waals surface area contributed by atoms with Gasteiger partial charge in [0, 0.05) is 0 Å². The number of para-hydroxylation sites is 2. The van der Waals surface area contributed by atoms with Crippen LogP contribution in [0.2, 0.25) is 0 Å². The fourth-order valence-corrected chi connectivity index (χ4v) is 2.43. The molecule has 0 aliphatic carbocycles. The highest BCUT2D eigenvalue weighted by Crippen LogP contribution is 2.32. The van der Waals surface area contributed by atoms with Gasteiger partial charge in [0.2, 0.25) is 5.82 Å². The molecular weight excluding hydrogens is 293 g/mol. The second kappa shape index (κ2) is 5.46. The molecule has 0 amide bonds. The van der Waals surface area contributed by atoms with Gasteiger partial charge in [-0.25, -0.2) is 4.98 Å². The molecule has 0 spiro atoms.